The van der Waals surface area contributed by atoms with E-state index in [0.29, 0.717) is 12.1 Å². The summed E-state index contributed by atoms with van der Waals surface area (Å²) in [5.74, 6) is -0.404. The highest BCUT2D eigenvalue weighted by Gasteiger charge is 2.28. The number of methoxy groups -OCH3 is 1. The van der Waals surface area contributed by atoms with Crippen LogP contribution in [0.25, 0.3) is 0 Å². The van der Waals surface area contributed by atoms with Crippen LogP contribution in [-0.4, -0.2) is 31.9 Å². The lowest BCUT2D eigenvalue weighted by Crippen LogP contribution is -2.25. The number of esters is 1. The molecular weight excluding hydrogens is 312 g/mol. The number of carbonyl (C=O) groups excluding carboxylic acids is 1. The maximum absolute atomic E-state index is 12.2. The standard InChI is InChI=1S/C13H16N2O4S2/c1-4-10(12(16)19-3)20-13-14-9-6-5-8(2)7-11(9)21(17,18)15-13/h5-7,10H,4H2,1-3H3,(H,14,15). The summed E-state index contributed by atoms with van der Waals surface area (Å²) in [7, 11) is -2.45. The van der Waals surface area contributed by atoms with Gasteiger partial charge in [0.1, 0.15) is 10.1 Å². The van der Waals surface area contributed by atoms with E-state index in [-0.39, 0.29) is 10.1 Å². The number of nitrogens with zero attached hydrogens (tertiary/aromatic N) is 1. The van der Waals surface area contributed by atoms with Gasteiger partial charge < -0.3 is 10.1 Å². The lowest BCUT2D eigenvalue weighted by Gasteiger charge is -2.20. The fourth-order valence-electron chi connectivity index (χ4n) is 1.86. The van der Waals surface area contributed by atoms with Crippen molar-refractivity contribution in [2.24, 2.45) is 4.40 Å². The van der Waals surface area contributed by atoms with Crippen LogP contribution in [-0.2, 0) is 19.6 Å². The predicted octanol–water partition coefficient (Wildman–Crippen LogP) is 2.15. The molecule has 0 bridgehead atoms. The third kappa shape index (κ3) is 3.38. The molecule has 6 nitrogen and oxygen atoms in total. The number of anilines is 1. The highest BCUT2D eigenvalue weighted by Crippen LogP contribution is 2.31. The minimum atomic E-state index is -3.75. The van der Waals surface area contributed by atoms with Crippen LogP contribution in [0, 0.1) is 6.92 Å². The van der Waals surface area contributed by atoms with E-state index in [2.05, 4.69) is 14.5 Å². The molecule has 0 aromatic heterocycles. The summed E-state index contributed by atoms with van der Waals surface area (Å²) >= 11 is 1.05. The number of ether oxygens (including phenoxy) is 1. The second kappa shape index (κ2) is 6.07. The smallest absolute Gasteiger partial charge is 0.319 e. The van der Waals surface area contributed by atoms with Crippen molar-refractivity contribution < 1.29 is 17.9 Å². The minimum absolute atomic E-state index is 0.151. The molecule has 1 aliphatic rings. The summed E-state index contributed by atoms with van der Waals surface area (Å²) in [4.78, 5) is 11.7. The molecule has 1 aliphatic heterocycles. The minimum Gasteiger partial charge on any atom is -0.468 e. The molecule has 0 aliphatic carbocycles. The van der Waals surface area contributed by atoms with Gasteiger partial charge in [0.15, 0.2) is 5.17 Å². The number of rotatable bonds is 3. The number of hydrogen-bond acceptors (Lipinski definition) is 6. The first-order chi connectivity index (χ1) is 9.87. The first kappa shape index (κ1) is 15.8. The Morgan fingerprint density at radius 1 is 1.48 bits per heavy atom. The van der Waals surface area contributed by atoms with Crippen molar-refractivity contribution in [1.82, 2.24) is 0 Å². The maximum atomic E-state index is 12.2. The quantitative estimate of drug-likeness (QED) is 0.856. The van der Waals surface area contributed by atoms with Gasteiger partial charge in [-0.15, -0.1) is 4.40 Å². The molecule has 2 rings (SSSR count). The molecule has 114 valence electrons. The highest BCUT2D eigenvalue weighted by molar-refractivity contribution is 8.15. The molecule has 0 amide bonds. The summed E-state index contributed by atoms with van der Waals surface area (Å²) in [6, 6.07) is 5.07. The van der Waals surface area contributed by atoms with Crippen LogP contribution in [0.2, 0.25) is 0 Å². The zero-order valence-corrected chi connectivity index (χ0v) is 13.5. The molecule has 0 spiro atoms. The Labute approximate surface area is 128 Å². The molecule has 0 radical (unpaired) electrons. The number of thioether (sulfide) groups is 1. The number of carbonyl (C=O) groups is 1. The van der Waals surface area contributed by atoms with Crippen molar-refractivity contribution in [3.05, 3.63) is 23.8 Å². The van der Waals surface area contributed by atoms with Crippen molar-refractivity contribution in [3.63, 3.8) is 0 Å². The molecule has 0 saturated heterocycles. The second-order valence-corrected chi connectivity index (χ2v) is 7.30. The molecule has 1 heterocycles. The molecule has 0 fully saturated rings. The summed E-state index contributed by atoms with van der Waals surface area (Å²) < 4.78 is 32.8. The van der Waals surface area contributed by atoms with E-state index in [4.69, 9.17) is 0 Å². The predicted molar refractivity (Wildman–Crippen MR) is 83.1 cm³/mol. The normalized spacial score (nSPS) is 17.2. The Kier molecular flexibility index (Phi) is 4.58. The van der Waals surface area contributed by atoms with Gasteiger partial charge in [-0.1, -0.05) is 24.8 Å². The van der Waals surface area contributed by atoms with Crippen LogP contribution in [0.3, 0.4) is 0 Å². The zero-order chi connectivity index (χ0) is 15.6. The van der Waals surface area contributed by atoms with Gasteiger partial charge >= 0.3 is 5.97 Å². The van der Waals surface area contributed by atoms with E-state index < -0.39 is 21.2 Å². The summed E-state index contributed by atoms with van der Waals surface area (Å²) in [5.41, 5.74) is 1.31. The molecule has 1 atom stereocenters. The fourth-order valence-corrected chi connectivity index (χ4v) is 4.22. The molecule has 1 unspecified atom stereocenters. The van der Waals surface area contributed by atoms with Crippen LogP contribution in [0.5, 0.6) is 0 Å². The Balaban J connectivity index is 2.32. The number of amidine groups is 1. The largest absolute Gasteiger partial charge is 0.468 e. The van der Waals surface area contributed by atoms with Crippen LogP contribution in [0.1, 0.15) is 18.9 Å². The number of hydrogen-bond donors (Lipinski definition) is 1. The zero-order valence-electron chi connectivity index (χ0n) is 11.9. The van der Waals surface area contributed by atoms with Crippen molar-refractivity contribution in [2.75, 3.05) is 12.4 Å². The van der Waals surface area contributed by atoms with Crippen molar-refractivity contribution in [3.8, 4) is 0 Å². The molecule has 1 aromatic rings. The SMILES string of the molecule is CCC(SC1=NS(=O)(=O)c2cc(C)ccc2N1)C(=O)OC. The van der Waals surface area contributed by atoms with E-state index in [1.807, 2.05) is 19.9 Å². The van der Waals surface area contributed by atoms with Gasteiger partial charge in [-0.2, -0.15) is 8.42 Å². The lowest BCUT2D eigenvalue weighted by atomic mass is 10.2. The van der Waals surface area contributed by atoms with Gasteiger partial charge in [0.05, 0.1) is 12.8 Å². The van der Waals surface area contributed by atoms with Gasteiger partial charge in [0, 0.05) is 0 Å². The molecule has 1 N–H and O–H groups in total. The lowest BCUT2D eigenvalue weighted by molar-refractivity contribution is -0.139. The summed E-state index contributed by atoms with van der Waals surface area (Å²) in [6.45, 7) is 3.64. The number of sulfonamides is 1. The van der Waals surface area contributed by atoms with E-state index in [1.165, 1.54) is 7.11 Å². The van der Waals surface area contributed by atoms with Crippen LogP contribution < -0.4 is 5.32 Å². The van der Waals surface area contributed by atoms with Crippen LogP contribution >= 0.6 is 11.8 Å². The molecule has 21 heavy (non-hydrogen) atoms. The topological polar surface area (TPSA) is 84.8 Å². The molecule has 8 heteroatoms. The maximum Gasteiger partial charge on any atom is 0.319 e. The molecular formula is C13H16N2O4S2. The number of aryl methyl sites for hydroxylation is 1. The monoisotopic (exact) mass is 328 g/mol. The van der Waals surface area contributed by atoms with Crippen molar-refractivity contribution in [1.29, 1.82) is 0 Å². The van der Waals surface area contributed by atoms with Crippen LogP contribution in [0.4, 0.5) is 5.69 Å². The van der Waals surface area contributed by atoms with Gasteiger partial charge in [-0.05, 0) is 31.0 Å². The van der Waals surface area contributed by atoms with Gasteiger partial charge in [0.2, 0.25) is 0 Å². The molecule has 1 aromatic carbocycles. The number of nitrogens with one attached hydrogen (secondary N) is 1. The first-order valence-corrected chi connectivity index (χ1v) is 8.66. The van der Waals surface area contributed by atoms with Crippen LogP contribution in [0.15, 0.2) is 27.5 Å². The summed E-state index contributed by atoms with van der Waals surface area (Å²) in [5, 5.41) is 2.64. The Hall–Kier alpha value is -1.54. The van der Waals surface area contributed by atoms with Crippen molar-refractivity contribution >= 4 is 38.6 Å². The van der Waals surface area contributed by atoms with Gasteiger partial charge in [0.25, 0.3) is 10.0 Å². The van der Waals surface area contributed by atoms with E-state index >= 15 is 0 Å². The average Bonchev–Trinajstić information content (AvgIpc) is 2.44. The molecule has 0 saturated carbocycles. The van der Waals surface area contributed by atoms with Gasteiger partial charge in [-0.3, -0.25) is 4.79 Å². The second-order valence-electron chi connectivity index (χ2n) is 4.53. The first-order valence-electron chi connectivity index (χ1n) is 6.34. The Morgan fingerprint density at radius 3 is 2.81 bits per heavy atom. The summed E-state index contributed by atoms with van der Waals surface area (Å²) in [6.07, 6.45) is 0.513. The highest BCUT2D eigenvalue weighted by atomic mass is 32.2. The van der Waals surface area contributed by atoms with Gasteiger partial charge in [-0.25, -0.2) is 0 Å². The number of fused-ring (bicyclic) bond motifs is 1. The third-order valence-corrected chi connectivity index (χ3v) is 5.61. The van der Waals surface area contributed by atoms with E-state index in [9.17, 15) is 13.2 Å². The van der Waals surface area contributed by atoms with Crippen molar-refractivity contribution in [2.45, 2.75) is 30.4 Å². The Morgan fingerprint density at radius 2 is 2.19 bits per heavy atom. The Bertz CT molecular complexity index is 698. The van der Waals surface area contributed by atoms with E-state index in [1.54, 1.807) is 12.1 Å². The number of benzene rings is 1. The fraction of sp³-hybridized carbons (Fsp3) is 0.385. The van der Waals surface area contributed by atoms with E-state index in [0.717, 1.165) is 17.3 Å². The average molecular weight is 328 g/mol. The third-order valence-electron chi connectivity index (χ3n) is 2.95.